The van der Waals surface area contributed by atoms with Gasteiger partial charge in [0.05, 0.1) is 0 Å². The molecule has 2 amide bonds. The summed E-state index contributed by atoms with van der Waals surface area (Å²) >= 11 is 0. The first-order valence-electron chi connectivity index (χ1n) is 6.89. The molecule has 0 saturated carbocycles. The fourth-order valence-electron chi connectivity index (χ4n) is 2.00. The Kier molecular flexibility index (Phi) is 12.8. The van der Waals surface area contributed by atoms with Gasteiger partial charge in [0, 0.05) is 13.1 Å². The zero-order valence-corrected chi connectivity index (χ0v) is 16.3. The molecule has 1 fully saturated rings. The number of likely N-dealkylation sites (tertiary alicyclic amines) is 1. The number of amides is 2. The molecule has 2 rings (SSSR count). The van der Waals surface area contributed by atoms with Crippen LogP contribution in [0.15, 0.2) is 30.3 Å². The van der Waals surface area contributed by atoms with E-state index >= 15 is 0 Å². The molecule has 22 heavy (non-hydrogen) atoms. The minimum absolute atomic E-state index is 0. The molecule has 1 aromatic rings. The summed E-state index contributed by atoms with van der Waals surface area (Å²) in [5.74, 6) is -0.0471. The first kappa shape index (κ1) is 21.6. The van der Waals surface area contributed by atoms with Crippen LogP contribution in [0.1, 0.15) is 18.4 Å². The summed E-state index contributed by atoms with van der Waals surface area (Å²) in [7, 11) is 0.750. The molecule has 1 heterocycles. The monoisotopic (exact) mass is 332 g/mol. The van der Waals surface area contributed by atoms with E-state index in [0.717, 1.165) is 38.6 Å². The van der Waals surface area contributed by atoms with Gasteiger partial charge in [0.2, 0.25) is 5.91 Å². The number of rotatable bonds is 4. The van der Waals surface area contributed by atoms with E-state index in [4.69, 9.17) is 9.84 Å². The fourth-order valence-corrected chi connectivity index (χ4v) is 2.00. The van der Waals surface area contributed by atoms with Gasteiger partial charge in [-0.2, -0.15) is 7.11 Å². The Morgan fingerprint density at radius 1 is 1.18 bits per heavy atom. The second-order valence-corrected chi connectivity index (χ2v) is 4.50. The van der Waals surface area contributed by atoms with Crippen molar-refractivity contribution in [3.05, 3.63) is 35.9 Å². The Balaban J connectivity index is 0.00000141. The molecule has 0 radical (unpaired) electrons. The van der Waals surface area contributed by atoms with Gasteiger partial charge in [0.1, 0.15) is 13.2 Å². The van der Waals surface area contributed by atoms with Crippen molar-refractivity contribution in [2.45, 2.75) is 19.4 Å². The molecule has 6 nitrogen and oxygen atoms in total. The number of carbonyl (C=O) groups is 2. The van der Waals surface area contributed by atoms with Crippen molar-refractivity contribution in [2.24, 2.45) is 0 Å². The van der Waals surface area contributed by atoms with Crippen LogP contribution in [0.5, 0.6) is 0 Å². The van der Waals surface area contributed by atoms with Crippen molar-refractivity contribution in [1.29, 1.82) is 0 Å². The number of hydrogen-bond acceptors (Lipinski definition) is 4. The molecule has 1 saturated heterocycles. The van der Waals surface area contributed by atoms with Crippen molar-refractivity contribution in [2.75, 3.05) is 26.7 Å². The van der Waals surface area contributed by atoms with E-state index in [0.29, 0.717) is 0 Å². The van der Waals surface area contributed by atoms with Crippen LogP contribution in [0.25, 0.3) is 0 Å². The number of ether oxygens (including phenoxy) is 1. The molecule has 0 spiro atoms. The second-order valence-electron chi connectivity index (χ2n) is 4.50. The van der Waals surface area contributed by atoms with Crippen LogP contribution in [0, 0.1) is 0 Å². The van der Waals surface area contributed by atoms with Crippen LogP contribution in [-0.4, -0.2) is 43.6 Å². The molecule has 1 aliphatic rings. The molecule has 0 bridgehead atoms. The predicted molar refractivity (Wildman–Crippen MR) is 76.4 cm³/mol. The Bertz CT molecular complexity index is 436. The molecule has 0 atom stereocenters. The molecule has 116 valence electrons. The Labute approximate surface area is 173 Å². The average molecular weight is 332 g/mol. The largest absolute Gasteiger partial charge is 1.00 e. The van der Waals surface area contributed by atoms with Crippen molar-refractivity contribution < 1.29 is 70.8 Å². The Morgan fingerprint density at radius 2 is 1.77 bits per heavy atom. The van der Waals surface area contributed by atoms with Gasteiger partial charge in [0.25, 0.3) is 0 Å². The van der Waals surface area contributed by atoms with E-state index in [-0.39, 0.29) is 70.4 Å². The Morgan fingerprint density at radius 3 is 2.36 bits per heavy atom. The zero-order valence-electron chi connectivity index (χ0n) is 13.2. The summed E-state index contributed by atoms with van der Waals surface area (Å²) in [6, 6.07) is 9.42. The first-order valence-corrected chi connectivity index (χ1v) is 6.89. The standard InChI is InChI=1S/C14H18N2O3.CH3O.K/c17-13(16-8-4-5-9-16)10-15-14(18)19-11-12-6-2-1-3-7-12;1-2;/h1-3,6-7H,4-5,8-11H2,(H,15,18);1H3;/q;-1;+1. The number of carbonyl (C=O) groups excluding carboxylic acids is 2. The summed E-state index contributed by atoms with van der Waals surface area (Å²) in [6.45, 7) is 1.80. The summed E-state index contributed by atoms with van der Waals surface area (Å²) in [5, 5.41) is 10.7. The molecule has 0 unspecified atom stereocenters. The second kappa shape index (κ2) is 13.0. The van der Waals surface area contributed by atoms with Crippen LogP contribution in [0.3, 0.4) is 0 Å². The minimum Gasteiger partial charge on any atom is -0.857 e. The molecule has 1 aromatic carbocycles. The maximum atomic E-state index is 11.7. The van der Waals surface area contributed by atoms with Gasteiger partial charge in [-0.15, -0.1) is 0 Å². The molecule has 7 heteroatoms. The van der Waals surface area contributed by atoms with Crippen LogP contribution < -0.4 is 61.8 Å². The SMILES string of the molecule is C[O-].O=C(NCC(=O)N1CCCC1)OCc1ccccc1.[K+]. The van der Waals surface area contributed by atoms with Crippen molar-refractivity contribution in [3.63, 3.8) is 0 Å². The molecular weight excluding hydrogens is 311 g/mol. The number of nitrogens with zero attached hydrogens (tertiary/aromatic N) is 1. The minimum atomic E-state index is -0.559. The molecule has 1 aliphatic heterocycles. The molecule has 1 N–H and O–H groups in total. The van der Waals surface area contributed by atoms with Gasteiger partial charge >= 0.3 is 57.5 Å². The first-order chi connectivity index (χ1) is 10.3. The van der Waals surface area contributed by atoms with E-state index in [1.807, 2.05) is 30.3 Å². The summed E-state index contributed by atoms with van der Waals surface area (Å²) in [6.07, 6.45) is 1.53. The zero-order chi connectivity index (χ0) is 15.5. The van der Waals surface area contributed by atoms with Gasteiger partial charge in [-0.1, -0.05) is 30.3 Å². The number of alkyl carbamates (subject to hydrolysis) is 1. The summed E-state index contributed by atoms with van der Waals surface area (Å²) < 4.78 is 5.02. The molecule has 0 aliphatic carbocycles. The summed E-state index contributed by atoms with van der Waals surface area (Å²) in [5.41, 5.74) is 0.920. The molecular formula is C15H21KN2O4. The topological polar surface area (TPSA) is 81.7 Å². The van der Waals surface area contributed by atoms with E-state index < -0.39 is 6.09 Å². The van der Waals surface area contributed by atoms with Gasteiger partial charge in [-0.3, -0.25) is 4.79 Å². The third kappa shape index (κ3) is 8.26. The third-order valence-electron chi connectivity index (χ3n) is 3.06. The number of nitrogens with one attached hydrogen (secondary N) is 1. The van der Waals surface area contributed by atoms with Gasteiger partial charge in [-0.05, 0) is 18.4 Å². The maximum Gasteiger partial charge on any atom is 1.00 e. The van der Waals surface area contributed by atoms with E-state index in [1.165, 1.54) is 0 Å². The van der Waals surface area contributed by atoms with E-state index in [1.54, 1.807) is 4.90 Å². The fraction of sp³-hybridized carbons (Fsp3) is 0.467. The van der Waals surface area contributed by atoms with Crippen molar-refractivity contribution >= 4 is 12.0 Å². The van der Waals surface area contributed by atoms with Crippen LogP contribution >= 0.6 is 0 Å². The van der Waals surface area contributed by atoms with Gasteiger partial charge in [0.15, 0.2) is 0 Å². The van der Waals surface area contributed by atoms with Gasteiger partial charge < -0.3 is 20.1 Å². The van der Waals surface area contributed by atoms with E-state index in [2.05, 4.69) is 5.32 Å². The number of hydrogen-bond donors (Lipinski definition) is 1. The quantitative estimate of drug-likeness (QED) is 0.619. The number of benzene rings is 1. The van der Waals surface area contributed by atoms with Gasteiger partial charge in [-0.25, -0.2) is 4.79 Å². The van der Waals surface area contributed by atoms with Crippen LogP contribution in [-0.2, 0) is 16.1 Å². The maximum absolute atomic E-state index is 11.7. The summed E-state index contributed by atoms with van der Waals surface area (Å²) in [4.78, 5) is 24.9. The average Bonchev–Trinajstić information content (AvgIpc) is 3.08. The normalized spacial score (nSPS) is 12.5. The Hall–Kier alpha value is -0.444. The molecule has 0 aromatic heterocycles. The smallest absolute Gasteiger partial charge is 0.857 e. The van der Waals surface area contributed by atoms with Crippen LogP contribution in [0.4, 0.5) is 4.79 Å². The predicted octanol–water partition coefficient (Wildman–Crippen LogP) is -2.48. The van der Waals surface area contributed by atoms with Crippen molar-refractivity contribution in [3.8, 4) is 0 Å². The van der Waals surface area contributed by atoms with Crippen molar-refractivity contribution in [1.82, 2.24) is 10.2 Å². The van der Waals surface area contributed by atoms with E-state index in [9.17, 15) is 9.59 Å². The van der Waals surface area contributed by atoms with Crippen LogP contribution in [0.2, 0.25) is 0 Å². The third-order valence-corrected chi connectivity index (χ3v) is 3.06.